The molecule has 19 heavy (non-hydrogen) atoms. The fraction of sp³-hybridized carbons (Fsp3) is 0.500. The summed E-state index contributed by atoms with van der Waals surface area (Å²) in [6, 6.07) is 8.76. The van der Waals surface area contributed by atoms with Crippen molar-refractivity contribution in [3.05, 3.63) is 35.5 Å². The van der Waals surface area contributed by atoms with Crippen LogP contribution in [0.15, 0.2) is 24.3 Å². The predicted octanol–water partition coefficient (Wildman–Crippen LogP) is 2.57. The van der Waals surface area contributed by atoms with Crippen LogP contribution in [0.2, 0.25) is 0 Å². The Balaban J connectivity index is 1.61. The van der Waals surface area contributed by atoms with E-state index in [0.29, 0.717) is 0 Å². The zero-order chi connectivity index (χ0) is 13.1. The Bertz CT molecular complexity index is 538. The van der Waals surface area contributed by atoms with E-state index in [4.69, 9.17) is 0 Å². The molecule has 1 saturated heterocycles. The number of piperidine rings is 1. The van der Waals surface area contributed by atoms with Crippen molar-refractivity contribution < 1.29 is 0 Å². The molecule has 3 nitrogen and oxygen atoms in total. The van der Waals surface area contributed by atoms with Crippen LogP contribution >= 0.6 is 0 Å². The monoisotopic (exact) mass is 257 g/mol. The summed E-state index contributed by atoms with van der Waals surface area (Å²) in [6.45, 7) is 6.59. The molecule has 0 aliphatic carbocycles. The summed E-state index contributed by atoms with van der Waals surface area (Å²) in [5.74, 6) is 0.841. The summed E-state index contributed by atoms with van der Waals surface area (Å²) < 4.78 is 0. The lowest BCUT2D eigenvalue weighted by molar-refractivity contribution is 0.356. The zero-order valence-electron chi connectivity index (χ0n) is 11.6. The van der Waals surface area contributed by atoms with Crippen LogP contribution in [0.5, 0.6) is 0 Å². The first-order valence-electron chi connectivity index (χ1n) is 7.31. The van der Waals surface area contributed by atoms with E-state index in [-0.39, 0.29) is 0 Å². The summed E-state index contributed by atoms with van der Waals surface area (Å²) in [5.41, 5.74) is 3.88. The van der Waals surface area contributed by atoms with Crippen LogP contribution in [-0.4, -0.2) is 24.6 Å². The fourth-order valence-corrected chi connectivity index (χ4v) is 3.01. The molecule has 1 aliphatic rings. The van der Waals surface area contributed by atoms with Gasteiger partial charge >= 0.3 is 0 Å². The highest BCUT2D eigenvalue weighted by Crippen LogP contribution is 2.19. The van der Waals surface area contributed by atoms with Crippen LogP contribution in [-0.2, 0) is 6.54 Å². The van der Waals surface area contributed by atoms with Crippen LogP contribution < -0.4 is 10.6 Å². The van der Waals surface area contributed by atoms with Gasteiger partial charge in [-0.15, -0.1) is 0 Å². The van der Waals surface area contributed by atoms with Crippen LogP contribution in [0.4, 0.5) is 0 Å². The van der Waals surface area contributed by atoms with E-state index in [1.54, 1.807) is 0 Å². The Hall–Kier alpha value is -1.32. The Morgan fingerprint density at radius 1 is 1.26 bits per heavy atom. The van der Waals surface area contributed by atoms with E-state index in [9.17, 15) is 0 Å². The van der Waals surface area contributed by atoms with E-state index >= 15 is 0 Å². The lowest BCUT2D eigenvalue weighted by atomic mass is 9.98. The van der Waals surface area contributed by atoms with Crippen molar-refractivity contribution >= 4 is 10.9 Å². The molecule has 1 aromatic heterocycles. The lowest BCUT2D eigenvalue weighted by Gasteiger charge is -2.22. The number of aromatic nitrogens is 1. The lowest BCUT2D eigenvalue weighted by Crippen LogP contribution is -2.33. The number of nitrogens with one attached hydrogen (secondary N) is 3. The van der Waals surface area contributed by atoms with E-state index in [2.05, 4.69) is 46.8 Å². The summed E-state index contributed by atoms with van der Waals surface area (Å²) >= 11 is 0. The number of H-pyrrole nitrogens is 1. The zero-order valence-corrected chi connectivity index (χ0v) is 11.6. The van der Waals surface area contributed by atoms with Gasteiger partial charge in [0.25, 0.3) is 0 Å². The molecule has 0 unspecified atom stereocenters. The first-order chi connectivity index (χ1) is 9.33. The van der Waals surface area contributed by atoms with Gasteiger partial charge in [0.15, 0.2) is 0 Å². The van der Waals surface area contributed by atoms with Crippen LogP contribution in [0.1, 0.15) is 24.1 Å². The molecule has 0 radical (unpaired) electrons. The minimum atomic E-state index is 0.841. The molecule has 0 saturated carbocycles. The number of fused-ring (bicyclic) bond motifs is 1. The summed E-state index contributed by atoms with van der Waals surface area (Å²) in [4.78, 5) is 3.40. The molecule has 0 atom stereocenters. The van der Waals surface area contributed by atoms with Crippen LogP contribution in [0, 0.1) is 12.8 Å². The molecule has 1 aliphatic heterocycles. The molecule has 3 rings (SSSR count). The molecule has 2 aromatic rings. The van der Waals surface area contributed by atoms with Crippen molar-refractivity contribution in [2.75, 3.05) is 19.6 Å². The van der Waals surface area contributed by atoms with E-state index in [1.807, 2.05) is 0 Å². The van der Waals surface area contributed by atoms with Gasteiger partial charge in [0.2, 0.25) is 0 Å². The SMILES string of the molecule is Cc1cc2c(CNCC3CCNCC3)cccc2[nH]1. The molecule has 0 bridgehead atoms. The van der Waals surface area contributed by atoms with E-state index < -0.39 is 0 Å². The number of hydrogen-bond acceptors (Lipinski definition) is 2. The highest BCUT2D eigenvalue weighted by molar-refractivity contribution is 5.83. The van der Waals surface area contributed by atoms with Gasteiger partial charge in [0, 0.05) is 23.1 Å². The molecule has 102 valence electrons. The average molecular weight is 257 g/mol. The number of benzene rings is 1. The second-order valence-electron chi connectivity index (χ2n) is 5.65. The normalized spacial score (nSPS) is 17.1. The number of hydrogen-bond donors (Lipinski definition) is 3. The van der Waals surface area contributed by atoms with Crippen molar-refractivity contribution in [2.24, 2.45) is 5.92 Å². The van der Waals surface area contributed by atoms with Gasteiger partial charge in [-0.3, -0.25) is 0 Å². The Morgan fingerprint density at radius 3 is 2.95 bits per heavy atom. The second kappa shape index (κ2) is 5.76. The van der Waals surface area contributed by atoms with Gasteiger partial charge in [0.05, 0.1) is 0 Å². The maximum Gasteiger partial charge on any atom is 0.0459 e. The Labute approximate surface area is 114 Å². The predicted molar refractivity (Wildman–Crippen MR) is 80.3 cm³/mol. The second-order valence-corrected chi connectivity index (χ2v) is 5.65. The van der Waals surface area contributed by atoms with Gasteiger partial charge in [-0.2, -0.15) is 0 Å². The topological polar surface area (TPSA) is 39.8 Å². The van der Waals surface area contributed by atoms with Gasteiger partial charge < -0.3 is 15.6 Å². The van der Waals surface area contributed by atoms with Gasteiger partial charge in [-0.25, -0.2) is 0 Å². The highest BCUT2D eigenvalue weighted by Gasteiger charge is 2.12. The quantitative estimate of drug-likeness (QED) is 0.788. The molecule has 2 heterocycles. The van der Waals surface area contributed by atoms with Crippen LogP contribution in [0.3, 0.4) is 0 Å². The smallest absolute Gasteiger partial charge is 0.0459 e. The fourth-order valence-electron chi connectivity index (χ4n) is 3.01. The maximum atomic E-state index is 3.63. The molecule has 1 aromatic carbocycles. The third kappa shape index (κ3) is 2.99. The van der Waals surface area contributed by atoms with E-state index in [0.717, 1.165) is 19.0 Å². The number of aryl methyl sites for hydroxylation is 1. The van der Waals surface area contributed by atoms with Crippen molar-refractivity contribution in [1.29, 1.82) is 0 Å². The first-order valence-corrected chi connectivity index (χ1v) is 7.31. The van der Waals surface area contributed by atoms with E-state index in [1.165, 1.54) is 48.1 Å². The highest BCUT2D eigenvalue weighted by atomic mass is 14.9. The van der Waals surface area contributed by atoms with Gasteiger partial charge in [-0.05, 0) is 63.0 Å². The average Bonchev–Trinajstić information content (AvgIpc) is 2.81. The minimum absolute atomic E-state index is 0.841. The van der Waals surface area contributed by atoms with Crippen molar-refractivity contribution in [2.45, 2.75) is 26.3 Å². The summed E-state index contributed by atoms with van der Waals surface area (Å²) in [6.07, 6.45) is 2.61. The molecule has 3 heteroatoms. The first kappa shape index (κ1) is 12.7. The molecular weight excluding hydrogens is 234 g/mol. The maximum absolute atomic E-state index is 3.63. The minimum Gasteiger partial charge on any atom is -0.359 e. The third-order valence-corrected chi connectivity index (χ3v) is 4.10. The Morgan fingerprint density at radius 2 is 2.11 bits per heavy atom. The molecular formula is C16H23N3. The molecule has 3 N–H and O–H groups in total. The molecule has 1 fully saturated rings. The standard InChI is InChI=1S/C16H23N3/c1-12-9-15-14(3-2-4-16(15)19-12)11-18-10-13-5-7-17-8-6-13/h2-4,9,13,17-19H,5-8,10-11H2,1H3. The largest absolute Gasteiger partial charge is 0.359 e. The van der Waals surface area contributed by atoms with Crippen molar-refractivity contribution in [1.82, 2.24) is 15.6 Å². The van der Waals surface area contributed by atoms with Crippen LogP contribution in [0.25, 0.3) is 10.9 Å². The number of rotatable bonds is 4. The summed E-state index contributed by atoms with van der Waals surface area (Å²) in [5, 5.41) is 8.41. The van der Waals surface area contributed by atoms with Gasteiger partial charge in [0.1, 0.15) is 0 Å². The summed E-state index contributed by atoms with van der Waals surface area (Å²) in [7, 11) is 0. The van der Waals surface area contributed by atoms with Gasteiger partial charge in [-0.1, -0.05) is 12.1 Å². The Kier molecular flexibility index (Phi) is 3.85. The third-order valence-electron chi connectivity index (χ3n) is 4.10. The molecule has 0 spiro atoms. The number of aromatic amines is 1. The van der Waals surface area contributed by atoms with Crippen molar-refractivity contribution in [3.63, 3.8) is 0 Å². The van der Waals surface area contributed by atoms with Crippen molar-refractivity contribution in [3.8, 4) is 0 Å². The molecule has 0 amide bonds.